The fourth-order valence-electron chi connectivity index (χ4n) is 2.75. The monoisotopic (exact) mass is 286 g/mol. The number of nitrogens with two attached hydrogens (primary N) is 1. The lowest BCUT2D eigenvalue weighted by Gasteiger charge is -2.32. The highest BCUT2D eigenvalue weighted by Gasteiger charge is 2.19. The highest BCUT2D eigenvalue weighted by atomic mass is 15.1. The van der Waals surface area contributed by atoms with Gasteiger partial charge in [0, 0.05) is 26.2 Å². The summed E-state index contributed by atoms with van der Waals surface area (Å²) in [7, 11) is 0. The van der Waals surface area contributed by atoms with E-state index in [0.717, 1.165) is 19.6 Å². The van der Waals surface area contributed by atoms with Crippen LogP contribution in [0.4, 0.5) is 0 Å². The number of hydrogen-bond donors (Lipinski definition) is 2. The van der Waals surface area contributed by atoms with E-state index in [1.165, 1.54) is 24.9 Å². The van der Waals surface area contributed by atoms with Crippen molar-refractivity contribution in [3.8, 4) is 0 Å². The molecule has 1 aromatic carbocycles. The third-order valence-corrected chi connectivity index (χ3v) is 3.80. The molecule has 0 aliphatic carbocycles. The first-order valence-corrected chi connectivity index (χ1v) is 7.69. The Balaban J connectivity index is 1.79. The van der Waals surface area contributed by atoms with Gasteiger partial charge in [-0.3, -0.25) is 9.89 Å². The Bertz CT molecular complexity index is 455. The summed E-state index contributed by atoms with van der Waals surface area (Å²) in [5, 5.41) is 3.02. The molecule has 0 radical (unpaired) electrons. The maximum Gasteiger partial charge on any atom is 0.188 e. The van der Waals surface area contributed by atoms with Crippen molar-refractivity contribution in [2.24, 2.45) is 16.6 Å². The Labute approximate surface area is 127 Å². The van der Waals surface area contributed by atoms with Crippen LogP contribution in [0.25, 0.3) is 0 Å². The fourth-order valence-corrected chi connectivity index (χ4v) is 2.75. The normalized spacial score (nSPS) is 20.2. The molecule has 0 amide bonds. The van der Waals surface area contributed by atoms with E-state index >= 15 is 0 Å². The minimum atomic E-state index is 0.523. The lowest BCUT2D eigenvalue weighted by Crippen LogP contribution is -2.37. The molecule has 1 unspecified atom stereocenters. The third-order valence-electron chi connectivity index (χ3n) is 3.80. The molecule has 0 aromatic heterocycles. The average Bonchev–Trinajstić information content (AvgIpc) is 2.52. The highest BCUT2D eigenvalue weighted by molar-refractivity contribution is 5.77. The van der Waals surface area contributed by atoms with E-state index in [0.29, 0.717) is 18.4 Å². The van der Waals surface area contributed by atoms with Crippen molar-refractivity contribution in [2.45, 2.75) is 19.4 Å². The lowest BCUT2D eigenvalue weighted by atomic mass is 9.98. The van der Waals surface area contributed by atoms with Crippen LogP contribution < -0.4 is 11.1 Å². The minimum absolute atomic E-state index is 0.523. The summed E-state index contributed by atoms with van der Waals surface area (Å²) in [6, 6.07) is 10.7. The first-order valence-electron chi connectivity index (χ1n) is 7.69. The molecule has 4 heteroatoms. The zero-order valence-electron chi connectivity index (χ0n) is 12.7. The van der Waals surface area contributed by atoms with Gasteiger partial charge in [-0.05, 0) is 30.9 Å². The molecule has 1 aliphatic rings. The molecule has 2 rings (SSSR count). The van der Waals surface area contributed by atoms with Crippen molar-refractivity contribution in [1.29, 1.82) is 0 Å². The van der Waals surface area contributed by atoms with Gasteiger partial charge in [0.25, 0.3) is 0 Å². The summed E-state index contributed by atoms with van der Waals surface area (Å²) in [5.74, 6) is 1.13. The van der Waals surface area contributed by atoms with Crippen molar-refractivity contribution < 1.29 is 0 Å². The lowest BCUT2D eigenvalue weighted by molar-refractivity contribution is 0.171. The van der Waals surface area contributed by atoms with Gasteiger partial charge < -0.3 is 11.1 Å². The van der Waals surface area contributed by atoms with E-state index in [4.69, 9.17) is 5.73 Å². The highest BCUT2D eigenvalue weighted by Crippen LogP contribution is 2.18. The largest absolute Gasteiger partial charge is 0.370 e. The van der Waals surface area contributed by atoms with E-state index in [2.05, 4.69) is 52.1 Å². The molecule has 0 spiro atoms. The number of likely N-dealkylation sites (tertiary alicyclic amines) is 1. The molecule has 21 heavy (non-hydrogen) atoms. The summed E-state index contributed by atoms with van der Waals surface area (Å²) in [6.07, 6.45) is 4.27. The zero-order chi connectivity index (χ0) is 14.9. The molecule has 0 bridgehead atoms. The maximum atomic E-state index is 5.81. The summed E-state index contributed by atoms with van der Waals surface area (Å²) >= 11 is 0. The van der Waals surface area contributed by atoms with Gasteiger partial charge in [0.15, 0.2) is 5.96 Å². The Hall–Kier alpha value is -1.81. The van der Waals surface area contributed by atoms with Gasteiger partial charge in [0.2, 0.25) is 0 Å². The number of hydrogen-bond acceptors (Lipinski definition) is 2. The van der Waals surface area contributed by atoms with E-state index in [1.807, 2.05) is 0 Å². The van der Waals surface area contributed by atoms with E-state index in [-0.39, 0.29) is 0 Å². The quantitative estimate of drug-likeness (QED) is 0.478. The van der Waals surface area contributed by atoms with Crippen LogP contribution in [-0.2, 0) is 6.54 Å². The summed E-state index contributed by atoms with van der Waals surface area (Å²) in [6.45, 7) is 8.44. The SMILES string of the molecule is C=CCNC(N)=NCC1CCCN(Cc2ccccc2)C1. The van der Waals surface area contributed by atoms with Crippen molar-refractivity contribution >= 4 is 5.96 Å². The van der Waals surface area contributed by atoms with Crippen LogP contribution >= 0.6 is 0 Å². The van der Waals surface area contributed by atoms with Crippen molar-refractivity contribution in [3.05, 3.63) is 48.6 Å². The molecular weight excluding hydrogens is 260 g/mol. The molecule has 3 N–H and O–H groups in total. The Kier molecular flexibility index (Phi) is 6.28. The summed E-state index contributed by atoms with van der Waals surface area (Å²) < 4.78 is 0. The maximum absolute atomic E-state index is 5.81. The molecular formula is C17H26N4. The second kappa shape index (κ2) is 8.47. The number of rotatable bonds is 6. The number of benzene rings is 1. The standard InChI is InChI=1S/C17H26N4/c1-2-10-19-17(18)20-12-16-9-6-11-21(14-16)13-15-7-4-3-5-8-15/h2-5,7-8,16H,1,6,9-14H2,(H3,18,19,20). The average molecular weight is 286 g/mol. The molecule has 1 atom stereocenters. The van der Waals surface area contributed by atoms with E-state index < -0.39 is 0 Å². The van der Waals surface area contributed by atoms with Gasteiger partial charge in [-0.25, -0.2) is 0 Å². The van der Waals surface area contributed by atoms with Gasteiger partial charge in [0.1, 0.15) is 0 Å². The van der Waals surface area contributed by atoms with Gasteiger partial charge in [0.05, 0.1) is 0 Å². The number of piperidine rings is 1. The Morgan fingerprint density at radius 2 is 2.24 bits per heavy atom. The van der Waals surface area contributed by atoms with Crippen LogP contribution in [0.1, 0.15) is 18.4 Å². The molecule has 114 valence electrons. The number of aliphatic imine (C=N–C) groups is 1. The van der Waals surface area contributed by atoms with E-state index in [1.54, 1.807) is 6.08 Å². The van der Waals surface area contributed by atoms with Crippen LogP contribution in [0, 0.1) is 5.92 Å². The predicted molar refractivity (Wildman–Crippen MR) is 89.1 cm³/mol. The van der Waals surface area contributed by atoms with Gasteiger partial charge in [-0.15, -0.1) is 6.58 Å². The summed E-state index contributed by atoms with van der Waals surface area (Å²) in [4.78, 5) is 6.96. The summed E-state index contributed by atoms with van der Waals surface area (Å²) in [5.41, 5.74) is 7.20. The number of guanidine groups is 1. The smallest absolute Gasteiger partial charge is 0.188 e. The van der Waals surface area contributed by atoms with E-state index in [9.17, 15) is 0 Å². The van der Waals surface area contributed by atoms with Gasteiger partial charge >= 0.3 is 0 Å². The molecule has 1 aliphatic heterocycles. The minimum Gasteiger partial charge on any atom is -0.370 e. The number of nitrogens with one attached hydrogen (secondary N) is 1. The Morgan fingerprint density at radius 1 is 1.43 bits per heavy atom. The third kappa shape index (κ3) is 5.60. The van der Waals surface area contributed by atoms with Gasteiger partial charge in [-0.1, -0.05) is 36.4 Å². The first kappa shape index (κ1) is 15.6. The van der Waals surface area contributed by atoms with Crippen LogP contribution in [0.15, 0.2) is 48.0 Å². The van der Waals surface area contributed by atoms with Gasteiger partial charge in [-0.2, -0.15) is 0 Å². The van der Waals surface area contributed by atoms with Crippen molar-refractivity contribution in [1.82, 2.24) is 10.2 Å². The topological polar surface area (TPSA) is 53.6 Å². The van der Waals surface area contributed by atoms with Crippen LogP contribution in [0.2, 0.25) is 0 Å². The fraction of sp³-hybridized carbons (Fsp3) is 0.471. The van der Waals surface area contributed by atoms with Crippen molar-refractivity contribution in [3.63, 3.8) is 0 Å². The molecule has 1 aromatic rings. The van der Waals surface area contributed by atoms with Crippen molar-refractivity contribution in [2.75, 3.05) is 26.2 Å². The molecule has 4 nitrogen and oxygen atoms in total. The van der Waals surface area contributed by atoms with Crippen LogP contribution in [-0.4, -0.2) is 37.0 Å². The second-order valence-corrected chi connectivity index (χ2v) is 5.62. The zero-order valence-corrected chi connectivity index (χ0v) is 12.7. The predicted octanol–water partition coefficient (Wildman–Crippen LogP) is 1.99. The molecule has 1 saturated heterocycles. The first-order chi connectivity index (χ1) is 10.3. The number of nitrogens with zero attached hydrogens (tertiary/aromatic N) is 2. The van der Waals surface area contributed by atoms with Crippen LogP contribution in [0.5, 0.6) is 0 Å². The second-order valence-electron chi connectivity index (χ2n) is 5.62. The molecule has 1 heterocycles. The Morgan fingerprint density at radius 3 is 3.00 bits per heavy atom. The molecule has 0 saturated carbocycles. The molecule has 1 fully saturated rings. The van der Waals surface area contributed by atoms with Crippen LogP contribution in [0.3, 0.4) is 0 Å².